The lowest BCUT2D eigenvalue weighted by Gasteiger charge is -2.16. The SMILES string of the molecule is CCNC(=NCCc1cc(F)ccc1F)Nc1cc(OC)c(OC)c(OC)c1. The standard InChI is InChI=1S/C20H25F2N3O3/c1-5-23-20(24-9-8-13-10-14(21)6-7-16(13)22)25-15-11-17(26-2)19(28-4)18(12-15)27-3/h6-7,10-12H,5,8-9H2,1-4H3,(H2,23,24,25). The number of anilines is 1. The summed E-state index contributed by atoms with van der Waals surface area (Å²) in [7, 11) is 4.60. The van der Waals surface area contributed by atoms with Gasteiger partial charge in [0.05, 0.1) is 21.3 Å². The molecular formula is C20H25F2N3O3. The zero-order valence-corrected chi connectivity index (χ0v) is 16.4. The molecule has 2 rings (SSSR count). The van der Waals surface area contributed by atoms with Crippen molar-refractivity contribution in [2.24, 2.45) is 4.99 Å². The van der Waals surface area contributed by atoms with Gasteiger partial charge >= 0.3 is 0 Å². The highest BCUT2D eigenvalue weighted by atomic mass is 19.1. The number of halogens is 2. The molecule has 0 radical (unpaired) electrons. The second-order valence-electron chi connectivity index (χ2n) is 5.79. The summed E-state index contributed by atoms with van der Waals surface area (Å²) in [5, 5.41) is 6.25. The van der Waals surface area contributed by atoms with Gasteiger partial charge in [-0.3, -0.25) is 4.99 Å². The molecule has 0 atom stereocenters. The molecule has 0 heterocycles. The first kappa shape index (κ1) is 21.3. The maximum Gasteiger partial charge on any atom is 0.203 e. The third-order valence-electron chi connectivity index (χ3n) is 3.93. The van der Waals surface area contributed by atoms with Crippen LogP contribution in [-0.2, 0) is 6.42 Å². The average molecular weight is 393 g/mol. The van der Waals surface area contributed by atoms with Crippen LogP contribution >= 0.6 is 0 Å². The van der Waals surface area contributed by atoms with Gasteiger partial charge in [0, 0.05) is 30.9 Å². The van der Waals surface area contributed by atoms with E-state index in [4.69, 9.17) is 14.2 Å². The Labute approximate surface area is 163 Å². The van der Waals surface area contributed by atoms with Gasteiger partial charge in [0.15, 0.2) is 17.5 Å². The van der Waals surface area contributed by atoms with Crippen LogP contribution in [0.25, 0.3) is 0 Å². The molecule has 0 aliphatic heterocycles. The van der Waals surface area contributed by atoms with E-state index in [1.165, 1.54) is 27.4 Å². The van der Waals surface area contributed by atoms with Crippen molar-refractivity contribution in [1.29, 1.82) is 0 Å². The molecule has 8 heteroatoms. The minimum Gasteiger partial charge on any atom is -0.493 e. The van der Waals surface area contributed by atoms with E-state index >= 15 is 0 Å². The van der Waals surface area contributed by atoms with Crippen LogP contribution in [0.4, 0.5) is 14.5 Å². The molecule has 0 aliphatic carbocycles. The fourth-order valence-corrected chi connectivity index (χ4v) is 2.62. The van der Waals surface area contributed by atoms with Crippen molar-refractivity contribution >= 4 is 11.6 Å². The van der Waals surface area contributed by atoms with Crippen LogP contribution in [0.2, 0.25) is 0 Å². The Bertz CT molecular complexity index is 803. The maximum atomic E-state index is 13.7. The monoisotopic (exact) mass is 393 g/mol. The molecule has 2 aromatic rings. The van der Waals surface area contributed by atoms with Gasteiger partial charge < -0.3 is 24.8 Å². The molecule has 0 aromatic heterocycles. The first-order valence-electron chi connectivity index (χ1n) is 8.81. The molecular weight excluding hydrogens is 368 g/mol. The Hall–Kier alpha value is -3.03. The van der Waals surface area contributed by atoms with Crippen LogP contribution < -0.4 is 24.8 Å². The molecule has 0 unspecified atom stereocenters. The Balaban J connectivity index is 2.17. The van der Waals surface area contributed by atoms with E-state index in [1.807, 2.05) is 6.92 Å². The molecule has 152 valence electrons. The average Bonchev–Trinajstić information content (AvgIpc) is 2.69. The van der Waals surface area contributed by atoms with Gasteiger partial charge in [0.2, 0.25) is 5.75 Å². The van der Waals surface area contributed by atoms with Crippen LogP contribution in [0.3, 0.4) is 0 Å². The third-order valence-corrected chi connectivity index (χ3v) is 3.93. The first-order valence-corrected chi connectivity index (χ1v) is 8.81. The first-order chi connectivity index (χ1) is 13.5. The fraction of sp³-hybridized carbons (Fsp3) is 0.350. The number of nitrogens with zero attached hydrogens (tertiary/aromatic N) is 1. The summed E-state index contributed by atoms with van der Waals surface area (Å²) in [4.78, 5) is 4.42. The zero-order valence-electron chi connectivity index (χ0n) is 16.4. The number of rotatable bonds is 8. The topological polar surface area (TPSA) is 64.1 Å². The highest BCUT2D eigenvalue weighted by molar-refractivity contribution is 5.94. The molecule has 0 saturated heterocycles. The highest BCUT2D eigenvalue weighted by Gasteiger charge is 2.14. The summed E-state index contributed by atoms with van der Waals surface area (Å²) in [5.74, 6) is 1.07. The minimum atomic E-state index is -0.470. The molecule has 0 aliphatic rings. The maximum absolute atomic E-state index is 13.7. The summed E-state index contributed by atoms with van der Waals surface area (Å²) in [6, 6.07) is 6.90. The van der Waals surface area contributed by atoms with Crippen molar-refractivity contribution in [2.45, 2.75) is 13.3 Å². The van der Waals surface area contributed by atoms with Crippen LogP contribution in [0.5, 0.6) is 17.2 Å². The van der Waals surface area contributed by atoms with Gasteiger partial charge in [-0.15, -0.1) is 0 Å². The quantitative estimate of drug-likeness (QED) is 0.530. The lowest BCUT2D eigenvalue weighted by atomic mass is 10.1. The van der Waals surface area contributed by atoms with E-state index in [2.05, 4.69) is 15.6 Å². The van der Waals surface area contributed by atoms with Crippen LogP contribution in [0.15, 0.2) is 35.3 Å². The normalized spacial score (nSPS) is 11.1. The Morgan fingerprint density at radius 1 is 1.00 bits per heavy atom. The Morgan fingerprint density at radius 2 is 1.68 bits per heavy atom. The number of aliphatic imine (C=N–C) groups is 1. The molecule has 0 bridgehead atoms. The van der Waals surface area contributed by atoms with Crippen molar-refractivity contribution in [2.75, 3.05) is 39.7 Å². The van der Waals surface area contributed by atoms with Crippen molar-refractivity contribution < 1.29 is 23.0 Å². The third kappa shape index (κ3) is 5.48. The van der Waals surface area contributed by atoms with Crippen molar-refractivity contribution in [3.8, 4) is 17.2 Å². The molecule has 0 fully saturated rings. The number of guanidine groups is 1. The number of benzene rings is 2. The van der Waals surface area contributed by atoms with Crippen molar-refractivity contribution in [3.63, 3.8) is 0 Å². The van der Waals surface area contributed by atoms with E-state index in [0.29, 0.717) is 35.4 Å². The van der Waals surface area contributed by atoms with Gasteiger partial charge in [0.25, 0.3) is 0 Å². The highest BCUT2D eigenvalue weighted by Crippen LogP contribution is 2.39. The number of ether oxygens (including phenoxy) is 3. The van der Waals surface area contributed by atoms with Gasteiger partial charge in [-0.1, -0.05) is 0 Å². The molecule has 6 nitrogen and oxygen atoms in total. The summed E-state index contributed by atoms with van der Waals surface area (Å²) < 4.78 is 43.0. The van der Waals surface area contributed by atoms with Gasteiger partial charge in [0.1, 0.15) is 11.6 Å². The lowest BCUT2D eigenvalue weighted by Crippen LogP contribution is -2.31. The van der Waals surface area contributed by atoms with Crippen LogP contribution in [0.1, 0.15) is 12.5 Å². The van der Waals surface area contributed by atoms with Crippen LogP contribution in [0, 0.1) is 11.6 Å². The van der Waals surface area contributed by atoms with E-state index in [0.717, 1.165) is 12.1 Å². The molecule has 2 N–H and O–H groups in total. The van der Waals surface area contributed by atoms with Gasteiger partial charge in [-0.05, 0) is 37.1 Å². The van der Waals surface area contributed by atoms with E-state index < -0.39 is 11.6 Å². The molecule has 2 aromatic carbocycles. The summed E-state index contributed by atoms with van der Waals surface area (Å²) >= 11 is 0. The predicted molar refractivity (Wildman–Crippen MR) is 106 cm³/mol. The number of methoxy groups -OCH3 is 3. The van der Waals surface area contributed by atoms with E-state index in [9.17, 15) is 8.78 Å². The van der Waals surface area contributed by atoms with Crippen LogP contribution in [-0.4, -0.2) is 40.4 Å². The predicted octanol–water partition coefficient (Wildman–Crippen LogP) is 3.61. The largest absolute Gasteiger partial charge is 0.493 e. The Kier molecular flexibility index (Phi) is 7.86. The molecule has 0 spiro atoms. The smallest absolute Gasteiger partial charge is 0.203 e. The van der Waals surface area contributed by atoms with Gasteiger partial charge in [-0.2, -0.15) is 0 Å². The Morgan fingerprint density at radius 3 is 2.25 bits per heavy atom. The van der Waals surface area contributed by atoms with Crippen molar-refractivity contribution in [1.82, 2.24) is 5.32 Å². The second-order valence-corrected chi connectivity index (χ2v) is 5.79. The molecule has 0 amide bonds. The number of nitrogens with one attached hydrogen (secondary N) is 2. The summed E-state index contributed by atoms with van der Waals surface area (Å²) in [6.07, 6.45) is 0.273. The number of hydrogen-bond acceptors (Lipinski definition) is 4. The van der Waals surface area contributed by atoms with E-state index in [1.54, 1.807) is 12.1 Å². The second kappa shape index (κ2) is 10.3. The van der Waals surface area contributed by atoms with E-state index in [-0.39, 0.29) is 18.5 Å². The summed E-state index contributed by atoms with van der Waals surface area (Å²) in [5.41, 5.74) is 0.957. The summed E-state index contributed by atoms with van der Waals surface area (Å²) in [6.45, 7) is 2.84. The van der Waals surface area contributed by atoms with Gasteiger partial charge in [-0.25, -0.2) is 8.78 Å². The molecule has 28 heavy (non-hydrogen) atoms. The zero-order chi connectivity index (χ0) is 20.5. The lowest BCUT2D eigenvalue weighted by molar-refractivity contribution is 0.324. The van der Waals surface area contributed by atoms with Crippen molar-refractivity contribution in [3.05, 3.63) is 47.5 Å². The number of hydrogen-bond donors (Lipinski definition) is 2. The molecule has 0 saturated carbocycles. The minimum absolute atomic E-state index is 0.273. The fourth-order valence-electron chi connectivity index (χ4n) is 2.62.